The van der Waals surface area contributed by atoms with E-state index in [1.54, 1.807) is 31.1 Å². The number of carbonyl (C=O) groups excluding carboxylic acids is 2. The van der Waals surface area contributed by atoms with Gasteiger partial charge in [0, 0.05) is 18.1 Å². The van der Waals surface area contributed by atoms with Crippen molar-refractivity contribution in [2.45, 2.75) is 83.9 Å². The quantitative estimate of drug-likeness (QED) is 0.0381. The van der Waals surface area contributed by atoms with Crippen LogP contribution < -0.4 is 20.7 Å². The molecule has 0 bridgehead atoms. The summed E-state index contributed by atoms with van der Waals surface area (Å²) in [6, 6.07) is 12.6. The molecule has 0 spiro atoms. The Morgan fingerprint density at radius 1 is 1.12 bits per heavy atom. The lowest BCUT2D eigenvalue weighted by atomic mass is 9.97. The number of nitrogens with zero attached hydrogens (tertiary/aromatic N) is 4. The van der Waals surface area contributed by atoms with Gasteiger partial charge in [-0.1, -0.05) is 98.2 Å². The molecule has 24 heteroatoms. The molecule has 2 aromatic carbocycles. The molecule has 1 fully saturated rings. The number of ether oxygens (including phenoxy) is 3. The fourth-order valence-electron chi connectivity index (χ4n) is 5.79. The first-order valence-electron chi connectivity index (χ1n) is 20.2. The Kier molecular flexibility index (Phi) is 24.0. The van der Waals surface area contributed by atoms with Crippen LogP contribution in [0.1, 0.15) is 77.3 Å². The van der Waals surface area contributed by atoms with Gasteiger partial charge in [-0.05, 0) is 63.4 Å². The Hall–Kier alpha value is -4.09. The molecule has 2 amide bonds. The van der Waals surface area contributed by atoms with Crippen LogP contribution in [0.2, 0.25) is 10.0 Å². The number of aryl methyl sites for hydroxylation is 2. The summed E-state index contributed by atoms with van der Waals surface area (Å²) in [6.45, 7) is 16.0. The average molecular weight is 1060 g/mol. The van der Waals surface area contributed by atoms with Crippen LogP contribution >= 0.6 is 65.6 Å². The highest BCUT2D eigenvalue weighted by Gasteiger charge is 2.45. The van der Waals surface area contributed by atoms with Crippen molar-refractivity contribution in [3.63, 3.8) is 0 Å². The molecule has 4 N–H and O–H groups in total. The van der Waals surface area contributed by atoms with Crippen LogP contribution in [-0.4, -0.2) is 103 Å². The number of aliphatic carboxylic acids is 1. The summed E-state index contributed by atoms with van der Waals surface area (Å²) in [5.41, 5.74) is 2.28. The van der Waals surface area contributed by atoms with Crippen molar-refractivity contribution in [3.8, 4) is 23.8 Å². The summed E-state index contributed by atoms with van der Waals surface area (Å²) in [7, 11) is -4.10. The van der Waals surface area contributed by atoms with E-state index in [1.807, 2.05) is 58.9 Å². The highest BCUT2D eigenvalue weighted by atomic mass is 35.5. The van der Waals surface area contributed by atoms with Crippen molar-refractivity contribution in [3.05, 3.63) is 92.1 Å². The smallest absolute Gasteiger partial charge is 0.442 e. The second-order valence-electron chi connectivity index (χ2n) is 15.5. The molecule has 3 heterocycles. The first-order chi connectivity index (χ1) is 31.2. The number of amides is 2. The summed E-state index contributed by atoms with van der Waals surface area (Å²) in [5, 5.41) is 14.8. The zero-order valence-corrected chi connectivity index (χ0v) is 42.7. The second kappa shape index (κ2) is 27.2. The molecule has 1 unspecified atom stereocenters. The molecular weight excluding hydrogens is 1000 g/mol. The largest absolute Gasteiger partial charge is 0.480 e. The molecule has 1 aliphatic heterocycles. The summed E-state index contributed by atoms with van der Waals surface area (Å²) in [4.78, 5) is 64.0. The number of carbonyl (C=O) groups is 3. The molecule has 18 nitrogen and oxygen atoms in total. The van der Waals surface area contributed by atoms with Gasteiger partial charge in [0.25, 0.3) is 5.91 Å². The van der Waals surface area contributed by atoms with Gasteiger partial charge in [-0.15, -0.1) is 23.1 Å². The minimum Gasteiger partial charge on any atom is -0.480 e. The normalized spacial score (nSPS) is 14.1. The van der Waals surface area contributed by atoms with E-state index in [2.05, 4.69) is 23.3 Å². The third-order valence-corrected chi connectivity index (χ3v) is 10.7. The number of nitrogens with one attached hydrogen (secondary N) is 1. The van der Waals surface area contributed by atoms with Crippen LogP contribution in [0.25, 0.3) is 5.69 Å². The lowest BCUT2D eigenvalue weighted by Gasteiger charge is -2.29. The predicted octanol–water partition coefficient (Wildman–Crippen LogP) is 8.08. The van der Waals surface area contributed by atoms with Crippen LogP contribution in [0, 0.1) is 19.3 Å². The molecule has 0 aliphatic carbocycles. The molecule has 2 aromatic heterocycles. The fourth-order valence-corrected chi connectivity index (χ4v) is 7.09. The van der Waals surface area contributed by atoms with Gasteiger partial charge in [-0.2, -0.15) is 4.68 Å². The van der Waals surface area contributed by atoms with Gasteiger partial charge in [0.1, 0.15) is 42.6 Å². The average Bonchev–Trinajstić information content (AvgIpc) is 4.00. The number of furan rings is 1. The number of halogens is 5. The van der Waals surface area contributed by atoms with Crippen molar-refractivity contribution in [1.82, 2.24) is 20.0 Å². The number of carboxylic acid groups (broad SMARTS) is 1. The second-order valence-corrected chi connectivity index (χ2v) is 19.4. The van der Waals surface area contributed by atoms with Gasteiger partial charge in [-0.3, -0.25) is 29.2 Å². The highest BCUT2D eigenvalue weighted by molar-refractivity contribution is 7.51. The highest BCUT2D eigenvalue weighted by Crippen LogP contribution is 2.37. The molecule has 1 atom stereocenters. The number of benzene rings is 2. The Labute approximate surface area is 413 Å². The molecule has 4 aromatic rings. The number of carboxylic acids is 1. The summed E-state index contributed by atoms with van der Waals surface area (Å²) >= 11 is 29.1. The van der Waals surface area contributed by atoms with Gasteiger partial charge >= 0.3 is 19.3 Å². The Morgan fingerprint density at radius 2 is 1.79 bits per heavy atom. The minimum atomic E-state index is -4.10. The van der Waals surface area contributed by atoms with Crippen molar-refractivity contribution in [2.75, 3.05) is 50.1 Å². The maximum Gasteiger partial charge on any atom is 0.442 e. The van der Waals surface area contributed by atoms with Crippen molar-refractivity contribution >= 4 is 89.1 Å². The third kappa shape index (κ3) is 18.7. The number of hydrogen-bond donors (Lipinski definition) is 4. The standard InChI is InChI=1S/C15H14Cl2N2O3.C14H20ClNO2.C11H13Cl2NO3.C3H8NO5P/c1-5-6-21-12-8-11(9(16)7-10(12)17)19-14(20)22-13(18-19)15(2,3)4;1-4-12-8-6-7-11(3)14(12)16(10-18-5-2)13(17)9-15;1-11(2)14(10(15)9(12)13)6-8(17-11)7-4-3-5-16-7;5-3(6)1-4-2-10(7,8)9/h1,7-8H,6H2,2-4H3;6-8H,4-5,9-10H2,1-3H3;3-5,8-9H,6H2,1-2H3;4H,1-2H2,(H,5,6)(H2,7,8,9). The SMILES string of the molecule is C#CCOc1cc(-n2nc(C(C)(C)C)oc2=O)c(Cl)cc1Cl.CC1(C)OC(c2ccco2)CN1C(=O)C(Cl)Cl.CCOCN(C(=O)CCl)c1c(C)cccc1CC.O=C(O)CNCP(=O)(O)O. The zero-order valence-electron chi connectivity index (χ0n) is 38.1. The predicted molar refractivity (Wildman–Crippen MR) is 257 cm³/mol. The van der Waals surface area contributed by atoms with E-state index in [9.17, 15) is 23.7 Å². The molecule has 5 rings (SSSR count). The number of terminal acetylenes is 1. The summed E-state index contributed by atoms with van der Waals surface area (Å²) in [5.74, 6) is 1.33. The Balaban J connectivity index is 0.000000317. The number of aromatic nitrogens is 2. The van der Waals surface area contributed by atoms with Gasteiger partial charge in [0.15, 0.2) is 4.84 Å². The monoisotopic (exact) mass is 1060 g/mol. The lowest BCUT2D eigenvalue weighted by molar-refractivity contribution is -0.144. The first kappa shape index (κ1) is 59.0. The van der Waals surface area contributed by atoms with Crippen LogP contribution in [-0.2, 0) is 40.3 Å². The Bertz CT molecular complexity index is 2390. The summed E-state index contributed by atoms with van der Waals surface area (Å²) < 4.78 is 38.0. The van der Waals surface area contributed by atoms with E-state index < -0.39 is 48.1 Å². The van der Waals surface area contributed by atoms with Gasteiger partial charge in [-0.25, -0.2) is 4.79 Å². The topological polar surface area (TPSA) is 236 Å². The number of alkyl halides is 3. The zero-order chi connectivity index (χ0) is 50.9. The van der Waals surface area contributed by atoms with E-state index in [0.717, 1.165) is 27.9 Å². The van der Waals surface area contributed by atoms with Crippen molar-refractivity contribution in [2.24, 2.45) is 0 Å². The van der Waals surface area contributed by atoms with Crippen LogP contribution in [0.3, 0.4) is 0 Å². The molecule has 0 radical (unpaired) electrons. The molecular formula is C43H55Cl5N5O13P. The fraction of sp³-hybridized carbons (Fsp3) is 0.465. The van der Waals surface area contributed by atoms with Gasteiger partial charge in [0.2, 0.25) is 11.8 Å². The molecule has 370 valence electrons. The molecule has 1 saturated heterocycles. The molecule has 0 saturated carbocycles. The molecule has 1 aliphatic rings. The number of para-hydroxylation sites is 1. The van der Waals surface area contributed by atoms with Crippen LogP contribution in [0.5, 0.6) is 5.75 Å². The van der Waals surface area contributed by atoms with E-state index >= 15 is 0 Å². The number of anilines is 1. The lowest BCUT2D eigenvalue weighted by Crippen LogP contribution is -2.45. The van der Waals surface area contributed by atoms with Crippen molar-refractivity contribution in [1.29, 1.82) is 0 Å². The first-order valence-corrected chi connectivity index (χ1v) is 24.2. The van der Waals surface area contributed by atoms with Gasteiger partial charge < -0.3 is 42.8 Å². The van der Waals surface area contributed by atoms with E-state index in [4.69, 9.17) is 102 Å². The van der Waals surface area contributed by atoms with E-state index in [-0.39, 0.29) is 47.2 Å². The van der Waals surface area contributed by atoms with Gasteiger partial charge in [0.05, 0.1) is 47.1 Å². The minimum absolute atomic E-state index is 0.0371. The number of hydrogen-bond acceptors (Lipinski definition) is 12. The summed E-state index contributed by atoms with van der Waals surface area (Å²) in [6.07, 6.45) is 6.72. The molecule has 67 heavy (non-hydrogen) atoms. The third-order valence-electron chi connectivity index (χ3n) is 8.88. The Morgan fingerprint density at radius 3 is 2.30 bits per heavy atom. The van der Waals surface area contributed by atoms with Crippen molar-refractivity contribution < 1.29 is 56.9 Å². The van der Waals surface area contributed by atoms with Crippen LogP contribution in [0.4, 0.5) is 5.69 Å². The maximum absolute atomic E-state index is 12.0. The maximum atomic E-state index is 12.0. The van der Waals surface area contributed by atoms with E-state index in [0.29, 0.717) is 36.2 Å². The van der Waals surface area contributed by atoms with Crippen LogP contribution in [0.15, 0.2) is 62.4 Å². The van der Waals surface area contributed by atoms with E-state index in [1.165, 1.54) is 17.0 Å². The number of rotatable bonds is 15.